The summed E-state index contributed by atoms with van der Waals surface area (Å²) in [5, 5.41) is 2.38. The molecule has 0 amide bonds. The Labute approximate surface area is 323 Å². The summed E-state index contributed by atoms with van der Waals surface area (Å²) in [4.78, 5) is 14.1. The molecule has 1 heterocycles. The van der Waals surface area contributed by atoms with Crippen molar-refractivity contribution in [2.75, 3.05) is 7.05 Å². The number of aryl methyl sites for hydroxylation is 1. The van der Waals surface area contributed by atoms with Crippen molar-refractivity contribution in [2.24, 2.45) is 15.0 Å². The maximum atomic E-state index is 4.85. The average molecular weight is 711 g/mol. The third-order valence-corrected chi connectivity index (χ3v) is 9.01. The zero-order valence-electron chi connectivity index (χ0n) is 33.1. The zero-order chi connectivity index (χ0) is 39.0. The predicted molar refractivity (Wildman–Crippen MR) is 242 cm³/mol. The van der Waals surface area contributed by atoms with Gasteiger partial charge in [-0.05, 0) is 105 Å². The van der Waals surface area contributed by atoms with Gasteiger partial charge in [0.25, 0.3) is 0 Å². The van der Waals surface area contributed by atoms with Gasteiger partial charge in [-0.25, -0.2) is 9.98 Å². The van der Waals surface area contributed by atoms with Crippen molar-refractivity contribution in [3.8, 4) is 11.1 Å². The summed E-state index contributed by atoms with van der Waals surface area (Å²) in [5.41, 5.74) is 11.4. The molecule has 0 spiro atoms. The Morgan fingerprint density at radius 3 is 2.22 bits per heavy atom. The molecule has 4 aromatic rings. The maximum Gasteiger partial charge on any atom is 0.161 e. The number of aromatic nitrogens is 1. The van der Waals surface area contributed by atoms with Crippen LogP contribution in [0.3, 0.4) is 0 Å². The van der Waals surface area contributed by atoms with E-state index in [1.807, 2.05) is 57.4 Å². The van der Waals surface area contributed by atoms with Gasteiger partial charge in [-0.15, -0.1) is 0 Å². The molecular formula is C50H54N4. The molecule has 4 heteroatoms. The number of para-hydroxylation sites is 1. The van der Waals surface area contributed by atoms with Crippen LogP contribution in [0.25, 0.3) is 44.2 Å². The second-order valence-corrected chi connectivity index (χ2v) is 12.8. The van der Waals surface area contributed by atoms with E-state index in [0.717, 1.165) is 46.3 Å². The molecule has 0 unspecified atom stereocenters. The van der Waals surface area contributed by atoms with Crippen LogP contribution >= 0.6 is 0 Å². The van der Waals surface area contributed by atoms with Crippen molar-refractivity contribution < 1.29 is 0 Å². The van der Waals surface area contributed by atoms with Crippen molar-refractivity contribution in [1.29, 1.82) is 0 Å². The van der Waals surface area contributed by atoms with Crippen molar-refractivity contribution in [3.63, 3.8) is 0 Å². The van der Waals surface area contributed by atoms with Crippen LogP contribution in [0.1, 0.15) is 58.6 Å². The van der Waals surface area contributed by atoms with E-state index in [1.165, 1.54) is 27.5 Å². The minimum absolute atomic E-state index is 0.457. The molecule has 0 saturated heterocycles. The number of unbranched alkanes of at least 4 members (excludes halogenated alkanes) is 1. The van der Waals surface area contributed by atoms with Crippen molar-refractivity contribution in [2.45, 2.75) is 54.4 Å². The van der Waals surface area contributed by atoms with Crippen LogP contribution in [0.4, 0.5) is 0 Å². The van der Waals surface area contributed by atoms with E-state index in [9.17, 15) is 0 Å². The highest BCUT2D eigenvalue weighted by Crippen LogP contribution is 2.39. The summed E-state index contributed by atoms with van der Waals surface area (Å²) >= 11 is 0. The lowest BCUT2D eigenvalue weighted by Crippen LogP contribution is -2.05. The maximum absolute atomic E-state index is 4.85. The summed E-state index contributed by atoms with van der Waals surface area (Å²) in [6.45, 7) is 24.9. The van der Waals surface area contributed by atoms with Gasteiger partial charge in [-0.2, -0.15) is 0 Å². The van der Waals surface area contributed by atoms with Crippen LogP contribution in [0, 0.1) is 6.92 Å². The van der Waals surface area contributed by atoms with Crippen molar-refractivity contribution in [1.82, 2.24) is 4.57 Å². The molecule has 0 saturated carbocycles. The SMILES string of the molecule is C=C/C=C(\C=C/C)c1cc(-c2cccc3c2c2ccccc2n3C(=CC)/C=C\C(=C)C(N=CC(/C=C\CCC)=C/C)=NC(=NC)C(=C)/C=C\C)ccc1C. The highest BCUT2D eigenvalue weighted by atomic mass is 15.0. The predicted octanol–water partition coefficient (Wildman–Crippen LogP) is 13.8. The highest BCUT2D eigenvalue weighted by molar-refractivity contribution is 6.17. The van der Waals surface area contributed by atoms with Crippen molar-refractivity contribution >= 4 is 51.0 Å². The molecule has 0 N–H and O–H groups in total. The van der Waals surface area contributed by atoms with Gasteiger partial charge in [0.05, 0.1) is 11.0 Å². The number of benzene rings is 3. The topological polar surface area (TPSA) is 42.0 Å². The van der Waals surface area contributed by atoms with Crippen LogP contribution in [0.5, 0.6) is 0 Å². The second kappa shape index (κ2) is 20.2. The number of aliphatic imine (C=N–C) groups is 3. The third kappa shape index (κ3) is 9.64. The average Bonchev–Trinajstić information content (AvgIpc) is 3.52. The van der Waals surface area contributed by atoms with Crippen LogP contribution in [-0.4, -0.2) is 29.5 Å². The number of hydrogen-bond acceptors (Lipinski definition) is 1. The molecule has 0 radical (unpaired) electrons. The highest BCUT2D eigenvalue weighted by Gasteiger charge is 2.17. The number of rotatable bonds is 14. The molecule has 274 valence electrons. The van der Waals surface area contributed by atoms with Crippen LogP contribution in [-0.2, 0) is 0 Å². The van der Waals surface area contributed by atoms with E-state index < -0.39 is 0 Å². The van der Waals surface area contributed by atoms with Gasteiger partial charge in [-0.3, -0.25) is 4.99 Å². The summed E-state index contributed by atoms with van der Waals surface area (Å²) in [7, 11) is 1.71. The number of fused-ring (bicyclic) bond motifs is 3. The Morgan fingerprint density at radius 1 is 0.796 bits per heavy atom. The second-order valence-electron chi connectivity index (χ2n) is 12.8. The quantitative estimate of drug-likeness (QED) is 0.0710. The van der Waals surface area contributed by atoms with E-state index in [-0.39, 0.29) is 0 Å². The standard InChI is InChI=1S/C50H54N4/c1-11-17-18-25-39(15-5)35-52-50(53-49(51-10)37(8)22-12-2)38(9)31-33-42(16-6)54-46-28-20-19-26-44(46)48-43(27-21-29-47(48)54)41-32-30-36(7)45(34-41)40(23-13-3)24-14-4/h12-16,18-35H,3,8-9,11,17H2,1-2,4-7,10H3/b22-12-,24-14-,25-18-,33-31-,39-15+,40-23+,42-16?,51-49?,52-35?,53-50?. The molecule has 0 aliphatic heterocycles. The van der Waals surface area contributed by atoms with Gasteiger partial charge in [-0.1, -0.05) is 136 Å². The number of amidine groups is 2. The summed E-state index contributed by atoms with van der Waals surface area (Å²) < 4.78 is 2.32. The Balaban J connectivity index is 1.86. The number of hydrogen-bond donors (Lipinski definition) is 0. The van der Waals surface area contributed by atoms with E-state index in [2.05, 4.69) is 153 Å². The fourth-order valence-electron chi connectivity index (χ4n) is 6.30. The van der Waals surface area contributed by atoms with Crippen molar-refractivity contribution in [3.05, 3.63) is 181 Å². The fourth-order valence-corrected chi connectivity index (χ4v) is 6.30. The smallest absolute Gasteiger partial charge is 0.161 e. The lowest BCUT2D eigenvalue weighted by molar-refractivity contribution is 0.958. The Kier molecular flexibility index (Phi) is 15.2. The van der Waals surface area contributed by atoms with Gasteiger partial charge in [0.15, 0.2) is 11.7 Å². The molecule has 0 aliphatic rings. The van der Waals surface area contributed by atoms with Gasteiger partial charge < -0.3 is 4.57 Å². The van der Waals surface area contributed by atoms with Gasteiger partial charge in [0.2, 0.25) is 0 Å². The molecule has 0 fully saturated rings. The molecule has 0 atom stereocenters. The minimum Gasteiger partial charge on any atom is -0.310 e. The number of nitrogens with zero attached hydrogens (tertiary/aromatic N) is 4. The summed E-state index contributed by atoms with van der Waals surface area (Å²) in [6.07, 6.45) is 28.3. The normalized spacial score (nSPS) is 14.0. The minimum atomic E-state index is 0.457. The summed E-state index contributed by atoms with van der Waals surface area (Å²) in [6, 6.07) is 21.9. The van der Waals surface area contributed by atoms with E-state index >= 15 is 0 Å². The largest absolute Gasteiger partial charge is 0.310 e. The fraction of sp³-hybridized carbons (Fsp3) is 0.180. The first-order valence-corrected chi connectivity index (χ1v) is 18.6. The molecule has 4 rings (SSSR count). The van der Waals surface area contributed by atoms with E-state index in [4.69, 9.17) is 9.98 Å². The first-order valence-electron chi connectivity index (χ1n) is 18.6. The molecule has 3 aromatic carbocycles. The number of allylic oxidation sites excluding steroid dienone is 13. The summed E-state index contributed by atoms with van der Waals surface area (Å²) in [5.74, 6) is 0.954. The van der Waals surface area contributed by atoms with E-state index in [1.54, 1.807) is 7.05 Å². The van der Waals surface area contributed by atoms with Gasteiger partial charge >= 0.3 is 0 Å². The molecule has 4 nitrogen and oxygen atoms in total. The first-order chi connectivity index (χ1) is 26.3. The first kappa shape index (κ1) is 40.6. The molecule has 54 heavy (non-hydrogen) atoms. The van der Waals surface area contributed by atoms with E-state index in [0.29, 0.717) is 22.8 Å². The van der Waals surface area contributed by atoms with Gasteiger partial charge in [0, 0.05) is 40.9 Å². The third-order valence-electron chi connectivity index (χ3n) is 9.01. The Hall–Kier alpha value is -6.13. The zero-order valence-corrected chi connectivity index (χ0v) is 33.1. The Bertz CT molecular complexity index is 2330. The molecular weight excluding hydrogens is 657 g/mol. The van der Waals surface area contributed by atoms with Crippen LogP contribution in [0.2, 0.25) is 0 Å². The lowest BCUT2D eigenvalue weighted by Gasteiger charge is -2.12. The van der Waals surface area contributed by atoms with Gasteiger partial charge in [0.1, 0.15) is 0 Å². The van der Waals surface area contributed by atoms with Crippen LogP contribution in [0.15, 0.2) is 185 Å². The molecule has 0 aliphatic carbocycles. The lowest BCUT2D eigenvalue weighted by atomic mass is 9.92. The molecule has 0 bridgehead atoms. The Morgan fingerprint density at radius 2 is 1.54 bits per heavy atom. The molecule has 1 aromatic heterocycles. The monoisotopic (exact) mass is 710 g/mol. The van der Waals surface area contributed by atoms with Crippen LogP contribution < -0.4 is 0 Å².